The summed E-state index contributed by atoms with van der Waals surface area (Å²) in [6, 6.07) is 6.03. The van der Waals surface area contributed by atoms with Crippen molar-refractivity contribution in [3.05, 3.63) is 35.8 Å². The van der Waals surface area contributed by atoms with Crippen molar-refractivity contribution >= 4 is 0 Å². The molecule has 0 aliphatic heterocycles. The maximum atomic E-state index is 7.44. The van der Waals surface area contributed by atoms with Gasteiger partial charge in [-0.15, -0.1) is 0 Å². The highest BCUT2D eigenvalue weighted by Gasteiger charge is 2.11. The lowest BCUT2D eigenvalue weighted by Crippen LogP contribution is -2.10. The second-order valence-electron chi connectivity index (χ2n) is 3.47. The standard InChI is InChI=1S/C10H14/c1-10(2,3)9-7-5-4-6-8-9/h4-8H,1-3H3/i5D,6D. The molecule has 0 heteroatoms. The smallest absolute Gasteiger partial charge is 0.0622 e. The largest absolute Gasteiger partial charge is 0.0623 e. The molecule has 0 bridgehead atoms. The summed E-state index contributed by atoms with van der Waals surface area (Å²) < 4.78 is 14.9. The minimum Gasteiger partial charge on any atom is -0.0622 e. The molecule has 0 atom stereocenters. The topological polar surface area (TPSA) is 0 Å². The van der Waals surface area contributed by atoms with Gasteiger partial charge in [-0.25, -0.2) is 0 Å². The molecule has 0 heterocycles. The third-order valence-electron chi connectivity index (χ3n) is 1.51. The van der Waals surface area contributed by atoms with Crippen LogP contribution in [0.25, 0.3) is 0 Å². The van der Waals surface area contributed by atoms with E-state index < -0.39 is 0 Å². The molecule has 0 amide bonds. The number of rotatable bonds is 0. The van der Waals surface area contributed by atoms with Crippen molar-refractivity contribution in [3.8, 4) is 0 Å². The van der Waals surface area contributed by atoms with Gasteiger partial charge in [-0.05, 0) is 11.0 Å². The molecule has 0 N–H and O–H groups in total. The van der Waals surface area contributed by atoms with Gasteiger partial charge in [0.15, 0.2) is 0 Å². The molecule has 0 aliphatic rings. The Morgan fingerprint density at radius 1 is 1.20 bits per heavy atom. The molecule has 0 unspecified atom stereocenters. The lowest BCUT2D eigenvalue weighted by molar-refractivity contribution is 0.590. The van der Waals surface area contributed by atoms with Crippen LogP contribution in [0, 0.1) is 0 Å². The molecule has 1 aromatic carbocycles. The van der Waals surface area contributed by atoms with Crippen molar-refractivity contribution < 1.29 is 2.74 Å². The van der Waals surface area contributed by atoms with Crippen molar-refractivity contribution in [2.24, 2.45) is 0 Å². The first-order valence-corrected chi connectivity index (χ1v) is 3.48. The molecule has 0 fully saturated rings. The molecule has 0 saturated heterocycles. The Labute approximate surface area is 65.7 Å². The van der Waals surface area contributed by atoms with Gasteiger partial charge in [0, 0.05) is 0 Å². The molecule has 0 aromatic heterocycles. The van der Waals surface area contributed by atoms with E-state index in [0.717, 1.165) is 5.56 Å². The van der Waals surface area contributed by atoms with Crippen LogP contribution in [0.15, 0.2) is 30.3 Å². The van der Waals surface area contributed by atoms with Crippen LogP contribution in [0.5, 0.6) is 0 Å². The molecule has 0 nitrogen and oxygen atoms in total. The van der Waals surface area contributed by atoms with Gasteiger partial charge >= 0.3 is 0 Å². The first-order chi connectivity index (χ1) is 5.39. The first kappa shape index (κ1) is 4.95. The van der Waals surface area contributed by atoms with Crippen molar-refractivity contribution in [2.45, 2.75) is 26.2 Å². The molecule has 0 spiro atoms. The first-order valence-electron chi connectivity index (χ1n) is 4.48. The van der Waals surface area contributed by atoms with Crippen molar-refractivity contribution in [1.29, 1.82) is 0 Å². The highest BCUT2D eigenvalue weighted by atomic mass is 14.2. The van der Waals surface area contributed by atoms with Crippen LogP contribution >= 0.6 is 0 Å². The summed E-state index contributed by atoms with van der Waals surface area (Å²) in [6.07, 6.45) is 0. The number of benzene rings is 1. The van der Waals surface area contributed by atoms with Crippen LogP contribution in [-0.4, -0.2) is 0 Å². The molecule has 1 aromatic rings. The Balaban J connectivity index is 3.18. The molecule has 0 aliphatic carbocycles. The lowest BCUT2D eigenvalue weighted by atomic mass is 9.87. The normalized spacial score (nSPS) is 14.3. The van der Waals surface area contributed by atoms with Crippen molar-refractivity contribution in [3.63, 3.8) is 0 Å². The third-order valence-corrected chi connectivity index (χ3v) is 1.51. The van der Waals surface area contributed by atoms with Crippen LogP contribution in [0.1, 0.15) is 29.1 Å². The Hall–Kier alpha value is -0.780. The summed E-state index contributed by atoms with van der Waals surface area (Å²) in [5.41, 5.74) is 1.09. The zero-order chi connectivity index (χ0) is 9.35. The number of hydrogen-bond acceptors (Lipinski definition) is 0. The summed E-state index contributed by atoms with van der Waals surface area (Å²) >= 11 is 0. The lowest BCUT2D eigenvalue weighted by Gasteiger charge is -2.18. The van der Waals surface area contributed by atoms with Crippen LogP contribution < -0.4 is 0 Å². The zero-order valence-electron chi connectivity index (χ0n) is 8.73. The minimum atomic E-state index is 0.0346. The van der Waals surface area contributed by atoms with Gasteiger partial charge in [0.2, 0.25) is 0 Å². The summed E-state index contributed by atoms with van der Waals surface area (Å²) in [5.74, 6) is 0. The maximum absolute atomic E-state index is 7.44. The molecule has 0 radical (unpaired) electrons. The van der Waals surface area contributed by atoms with Crippen LogP contribution in [0.2, 0.25) is 0 Å². The summed E-state index contributed by atoms with van der Waals surface area (Å²) in [5, 5.41) is 0. The fourth-order valence-corrected chi connectivity index (χ4v) is 0.786. The van der Waals surface area contributed by atoms with Gasteiger partial charge in [-0.3, -0.25) is 0 Å². The second kappa shape index (κ2) is 2.45. The van der Waals surface area contributed by atoms with E-state index in [1.54, 1.807) is 6.07 Å². The molecule has 0 saturated carbocycles. The monoisotopic (exact) mass is 136 g/mol. The van der Waals surface area contributed by atoms with Crippen molar-refractivity contribution in [2.75, 3.05) is 0 Å². The van der Waals surface area contributed by atoms with Gasteiger partial charge in [0.1, 0.15) is 0 Å². The van der Waals surface area contributed by atoms with E-state index in [9.17, 15) is 0 Å². The van der Waals surface area contributed by atoms with Crippen molar-refractivity contribution in [1.82, 2.24) is 0 Å². The fraction of sp³-hybridized carbons (Fsp3) is 0.400. The summed E-state index contributed by atoms with van der Waals surface area (Å²) in [4.78, 5) is 0. The van der Waals surface area contributed by atoms with Gasteiger partial charge in [-0.1, -0.05) is 51.1 Å². The van der Waals surface area contributed by atoms with Gasteiger partial charge < -0.3 is 0 Å². The predicted molar refractivity (Wildman–Crippen MR) is 45.1 cm³/mol. The fourth-order valence-electron chi connectivity index (χ4n) is 0.786. The van der Waals surface area contributed by atoms with E-state index in [-0.39, 0.29) is 5.41 Å². The van der Waals surface area contributed by atoms with E-state index in [1.807, 2.05) is 12.1 Å². The van der Waals surface area contributed by atoms with Gasteiger partial charge in [0.05, 0.1) is 2.74 Å². The highest BCUT2D eigenvalue weighted by Crippen LogP contribution is 2.20. The van der Waals surface area contributed by atoms with Crippen LogP contribution in [-0.2, 0) is 5.41 Å². The Morgan fingerprint density at radius 2 is 1.70 bits per heavy atom. The maximum Gasteiger partial charge on any atom is 0.0623 e. The molecular weight excluding hydrogens is 120 g/mol. The highest BCUT2D eigenvalue weighted by molar-refractivity contribution is 5.21. The Kier molecular flexibility index (Phi) is 1.21. The molecule has 54 valence electrons. The Bertz CT molecular complexity index is 264. The quantitative estimate of drug-likeness (QED) is 0.514. The zero-order valence-corrected chi connectivity index (χ0v) is 6.73. The summed E-state index contributed by atoms with van der Waals surface area (Å²) in [7, 11) is 0. The Morgan fingerprint density at radius 3 is 2.10 bits per heavy atom. The molecule has 1 rings (SSSR count). The molecule has 10 heavy (non-hydrogen) atoms. The van der Waals surface area contributed by atoms with E-state index in [0.29, 0.717) is 12.1 Å². The van der Waals surface area contributed by atoms with Gasteiger partial charge in [-0.2, -0.15) is 0 Å². The van der Waals surface area contributed by atoms with Crippen LogP contribution in [0.3, 0.4) is 0 Å². The van der Waals surface area contributed by atoms with Gasteiger partial charge in [0.25, 0.3) is 0 Å². The predicted octanol–water partition coefficient (Wildman–Crippen LogP) is 2.98. The third kappa shape index (κ3) is 1.60. The number of hydrogen-bond donors (Lipinski definition) is 0. The van der Waals surface area contributed by atoms with E-state index in [4.69, 9.17) is 2.74 Å². The van der Waals surface area contributed by atoms with E-state index in [1.165, 1.54) is 0 Å². The average Bonchev–Trinajstić information content (AvgIpc) is 1.82. The SMILES string of the molecule is [2H]c1cc([2H])cc(C(C)(C)C)c1. The second-order valence-corrected chi connectivity index (χ2v) is 3.47. The van der Waals surface area contributed by atoms with Crippen LogP contribution in [0.4, 0.5) is 0 Å². The minimum absolute atomic E-state index is 0.0346. The summed E-state index contributed by atoms with van der Waals surface area (Å²) in [6.45, 7) is 6.25. The van der Waals surface area contributed by atoms with E-state index >= 15 is 0 Å². The van der Waals surface area contributed by atoms with E-state index in [2.05, 4.69) is 20.8 Å². The average molecular weight is 136 g/mol. The molecular formula is C10H14.